The highest BCUT2D eigenvalue weighted by Gasteiger charge is 2.46. The van der Waals surface area contributed by atoms with Crippen molar-refractivity contribution in [2.75, 3.05) is 4.72 Å². The lowest BCUT2D eigenvalue weighted by Crippen LogP contribution is -2.30. The highest BCUT2D eigenvalue weighted by molar-refractivity contribution is 7.93. The van der Waals surface area contributed by atoms with Crippen LogP contribution in [-0.2, 0) is 27.6 Å². The Morgan fingerprint density at radius 2 is 1.74 bits per heavy atom. The van der Waals surface area contributed by atoms with Gasteiger partial charge >= 0.3 is 21.7 Å². The first kappa shape index (κ1) is 24.8. The fourth-order valence-electron chi connectivity index (χ4n) is 2.45. The highest BCUT2D eigenvalue weighted by atomic mass is 35.5. The number of nitrogens with zero attached hydrogens (tertiary/aromatic N) is 1. The van der Waals surface area contributed by atoms with E-state index in [0.29, 0.717) is 0 Å². The van der Waals surface area contributed by atoms with E-state index in [1.165, 1.54) is 29.8 Å². The van der Waals surface area contributed by atoms with Gasteiger partial charge in [-0.3, -0.25) is 4.72 Å². The predicted octanol–water partition coefficient (Wildman–Crippen LogP) is 5.95. The molecule has 5 nitrogen and oxygen atoms in total. The van der Waals surface area contributed by atoms with Crippen molar-refractivity contribution in [3.05, 3.63) is 64.2 Å². The fraction of sp³-hybridized carbons (Fsp3) is 0.278. The molecule has 0 bridgehead atoms. The van der Waals surface area contributed by atoms with E-state index in [0.717, 1.165) is 24.3 Å². The van der Waals surface area contributed by atoms with Gasteiger partial charge in [-0.25, -0.2) is 0 Å². The molecule has 0 radical (unpaired) electrons. The molecular formula is C18H15ClF6N2O3S. The number of rotatable bonds is 7. The lowest BCUT2D eigenvalue weighted by Gasteiger charge is -2.15. The van der Waals surface area contributed by atoms with Crippen molar-refractivity contribution in [1.82, 2.24) is 0 Å². The third-order valence-electron chi connectivity index (χ3n) is 3.89. The fourth-order valence-corrected chi connectivity index (χ4v) is 3.21. The molecule has 0 heterocycles. The number of oxime groups is 1. The van der Waals surface area contributed by atoms with Crippen LogP contribution in [-0.4, -0.2) is 19.6 Å². The first-order valence-electron chi connectivity index (χ1n) is 8.49. The van der Waals surface area contributed by atoms with Crippen molar-refractivity contribution >= 4 is 33.0 Å². The van der Waals surface area contributed by atoms with Crippen molar-refractivity contribution in [2.45, 2.75) is 31.6 Å². The molecular weight excluding hydrogens is 474 g/mol. The van der Waals surface area contributed by atoms with Gasteiger partial charge < -0.3 is 4.84 Å². The number of sulfonamides is 1. The molecule has 0 fully saturated rings. The summed E-state index contributed by atoms with van der Waals surface area (Å²) in [5.41, 5.74) is -7.33. The summed E-state index contributed by atoms with van der Waals surface area (Å²) in [4.78, 5) is 5.00. The van der Waals surface area contributed by atoms with E-state index < -0.39 is 39.6 Å². The predicted molar refractivity (Wildman–Crippen MR) is 103 cm³/mol. The quantitative estimate of drug-likeness (QED) is 0.297. The zero-order valence-corrected chi connectivity index (χ0v) is 17.3. The first-order valence-corrected chi connectivity index (χ1v) is 10.4. The number of nitrogens with one attached hydrogen (secondary N) is 1. The summed E-state index contributed by atoms with van der Waals surface area (Å²) in [5.74, 6) is 0. The summed E-state index contributed by atoms with van der Waals surface area (Å²) in [6, 6.07) is 7.96. The molecule has 0 spiro atoms. The monoisotopic (exact) mass is 488 g/mol. The van der Waals surface area contributed by atoms with Crippen molar-refractivity contribution in [2.24, 2.45) is 5.16 Å². The van der Waals surface area contributed by atoms with Gasteiger partial charge in [-0.2, -0.15) is 34.8 Å². The van der Waals surface area contributed by atoms with E-state index in [-0.39, 0.29) is 28.3 Å². The number of benzene rings is 2. The lowest BCUT2D eigenvalue weighted by atomic mass is 10.1. The van der Waals surface area contributed by atoms with Crippen LogP contribution in [0.25, 0.3) is 0 Å². The molecule has 31 heavy (non-hydrogen) atoms. The summed E-state index contributed by atoms with van der Waals surface area (Å²) in [6.07, 6.45) is -4.57. The smallest absolute Gasteiger partial charge is 0.391 e. The second-order valence-electron chi connectivity index (χ2n) is 6.06. The normalized spacial score (nSPS) is 13.2. The summed E-state index contributed by atoms with van der Waals surface area (Å²) >= 11 is 5.86. The molecule has 170 valence electrons. The molecule has 2 rings (SSSR count). The topological polar surface area (TPSA) is 67.8 Å². The molecule has 0 atom stereocenters. The van der Waals surface area contributed by atoms with E-state index >= 15 is 0 Å². The van der Waals surface area contributed by atoms with Crippen LogP contribution < -0.4 is 4.72 Å². The van der Waals surface area contributed by atoms with E-state index in [1.54, 1.807) is 0 Å². The standard InChI is InChI=1S/C18H15ClF6N2O3S/c1-2-15(26-30-10-11-5-3-4-6-14(11)17(20,21)22)13-9-12(19)7-8-16(13)27-31(28,29)18(23,24)25/h3-9,27H,2,10H2,1H3/b26-15+. The minimum Gasteiger partial charge on any atom is -0.391 e. The summed E-state index contributed by atoms with van der Waals surface area (Å²) in [6.45, 7) is 0.957. The van der Waals surface area contributed by atoms with Crippen molar-refractivity contribution < 1.29 is 39.6 Å². The van der Waals surface area contributed by atoms with Gasteiger partial charge in [0.25, 0.3) is 0 Å². The SMILES string of the molecule is CC/C(=N\OCc1ccccc1C(F)(F)F)c1cc(Cl)ccc1NS(=O)(=O)C(F)(F)F. The summed E-state index contributed by atoms with van der Waals surface area (Å²) in [7, 11) is -5.73. The Hall–Kier alpha value is -2.47. The second-order valence-corrected chi connectivity index (χ2v) is 8.17. The number of alkyl halides is 6. The molecule has 13 heteroatoms. The largest absolute Gasteiger partial charge is 0.516 e. The molecule has 2 aromatic rings. The number of halogens is 7. The minimum absolute atomic E-state index is 0.0353. The van der Waals surface area contributed by atoms with Gasteiger partial charge in [0.05, 0.1) is 17.0 Å². The lowest BCUT2D eigenvalue weighted by molar-refractivity contribution is -0.138. The molecule has 0 amide bonds. The van der Waals surface area contributed by atoms with Crippen LogP contribution in [0.3, 0.4) is 0 Å². The van der Waals surface area contributed by atoms with Crippen LogP contribution in [0, 0.1) is 0 Å². The Morgan fingerprint density at radius 3 is 2.32 bits per heavy atom. The summed E-state index contributed by atoms with van der Waals surface area (Å²) < 4.78 is 102. The molecule has 0 aliphatic rings. The third-order valence-corrected chi connectivity index (χ3v) is 5.23. The van der Waals surface area contributed by atoms with Gasteiger partial charge in [-0.15, -0.1) is 0 Å². The van der Waals surface area contributed by atoms with Gasteiger partial charge in [0.15, 0.2) is 0 Å². The Labute approximate surface area is 178 Å². The Balaban J connectivity index is 2.35. The van der Waals surface area contributed by atoms with Gasteiger partial charge in [0.2, 0.25) is 0 Å². The van der Waals surface area contributed by atoms with E-state index in [9.17, 15) is 34.8 Å². The van der Waals surface area contributed by atoms with Crippen LogP contribution in [0.15, 0.2) is 47.6 Å². The summed E-state index contributed by atoms with van der Waals surface area (Å²) in [5, 5.41) is 3.76. The van der Waals surface area contributed by atoms with Crippen molar-refractivity contribution in [3.8, 4) is 0 Å². The Morgan fingerprint density at radius 1 is 1.10 bits per heavy atom. The maximum Gasteiger partial charge on any atom is 0.516 e. The Kier molecular flexibility index (Phi) is 7.48. The van der Waals surface area contributed by atoms with E-state index in [2.05, 4.69) is 5.16 Å². The molecule has 0 aliphatic carbocycles. The molecule has 0 saturated carbocycles. The first-order chi connectivity index (χ1) is 14.3. The highest BCUT2D eigenvalue weighted by Crippen LogP contribution is 2.32. The zero-order chi connectivity index (χ0) is 23.4. The third kappa shape index (κ3) is 6.26. The number of hydrogen-bond acceptors (Lipinski definition) is 4. The molecule has 0 aliphatic heterocycles. The van der Waals surface area contributed by atoms with Gasteiger partial charge in [-0.1, -0.05) is 41.9 Å². The van der Waals surface area contributed by atoms with Gasteiger partial charge in [0, 0.05) is 16.1 Å². The maximum absolute atomic E-state index is 13.1. The minimum atomic E-state index is -5.73. The Bertz CT molecular complexity index is 1070. The average Bonchev–Trinajstić information content (AvgIpc) is 2.65. The van der Waals surface area contributed by atoms with Crippen molar-refractivity contribution in [1.29, 1.82) is 0 Å². The van der Waals surface area contributed by atoms with Crippen LogP contribution in [0.5, 0.6) is 0 Å². The van der Waals surface area contributed by atoms with Crippen LogP contribution >= 0.6 is 11.6 Å². The van der Waals surface area contributed by atoms with E-state index in [1.807, 2.05) is 0 Å². The van der Waals surface area contributed by atoms with Gasteiger partial charge in [-0.05, 0) is 30.7 Å². The number of anilines is 1. The maximum atomic E-state index is 13.1. The average molecular weight is 489 g/mol. The number of hydrogen-bond donors (Lipinski definition) is 1. The van der Waals surface area contributed by atoms with Crippen LogP contribution in [0.2, 0.25) is 5.02 Å². The van der Waals surface area contributed by atoms with Crippen LogP contribution in [0.4, 0.5) is 32.0 Å². The molecule has 2 aromatic carbocycles. The van der Waals surface area contributed by atoms with E-state index in [4.69, 9.17) is 16.4 Å². The molecule has 0 saturated heterocycles. The molecule has 1 N–H and O–H groups in total. The second kappa shape index (κ2) is 9.35. The van der Waals surface area contributed by atoms with Crippen molar-refractivity contribution in [3.63, 3.8) is 0 Å². The molecule has 0 aromatic heterocycles. The molecule has 0 unspecified atom stereocenters. The zero-order valence-electron chi connectivity index (χ0n) is 15.7. The van der Waals surface area contributed by atoms with Gasteiger partial charge in [0.1, 0.15) is 6.61 Å². The van der Waals surface area contributed by atoms with Crippen LogP contribution in [0.1, 0.15) is 30.0 Å².